The van der Waals surface area contributed by atoms with Crippen molar-refractivity contribution in [3.05, 3.63) is 67.1 Å². The van der Waals surface area contributed by atoms with E-state index in [1.54, 1.807) is 59.9 Å². The number of halogens is 1. The Morgan fingerprint density at radius 1 is 1.10 bits per heavy atom. The van der Waals surface area contributed by atoms with Crippen molar-refractivity contribution in [3.8, 4) is 16.9 Å². The first-order chi connectivity index (χ1) is 14.7. The largest absolute Gasteiger partial charge is 0.442 e. The van der Waals surface area contributed by atoms with Crippen LogP contribution < -0.4 is 4.90 Å². The smallest absolute Gasteiger partial charge is 0.414 e. The highest BCUT2D eigenvalue weighted by Gasteiger charge is 2.33. The minimum Gasteiger partial charge on any atom is -0.442 e. The monoisotopic (exact) mass is 406 g/mol. The molecule has 0 aliphatic carbocycles. The second kappa shape index (κ2) is 7.35. The molecule has 3 aromatic heterocycles. The normalized spacial score (nSPS) is 16.1. The fraction of sp³-hybridized carbons (Fsp3) is 0.158. The highest BCUT2D eigenvalue weighted by Crippen LogP contribution is 2.29. The molecule has 10 nitrogen and oxygen atoms in total. The number of cyclic esters (lactones) is 1. The Bertz CT molecular complexity index is 1160. The molecule has 4 heterocycles. The first-order valence-corrected chi connectivity index (χ1v) is 9.12. The van der Waals surface area contributed by atoms with Crippen molar-refractivity contribution < 1.29 is 13.9 Å². The molecule has 0 spiro atoms. The van der Waals surface area contributed by atoms with Gasteiger partial charge in [0.15, 0.2) is 5.82 Å². The Morgan fingerprint density at radius 3 is 2.67 bits per heavy atom. The number of carbonyl (C=O) groups is 1. The maximum atomic E-state index is 14.8. The van der Waals surface area contributed by atoms with Crippen LogP contribution in [0.5, 0.6) is 0 Å². The lowest BCUT2D eigenvalue weighted by molar-refractivity contribution is 0.129. The van der Waals surface area contributed by atoms with E-state index in [4.69, 9.17) is 4.74 Å². The standard InChI is InChI=1S/C19H15FN8O2/c20-17-9-14(27-12-15(30-19(27)29)11-26-7-5-22-24-26)2-3-16(17)13-1-4-18(21-10-13)28-8-6-23-25-28/h1-10,15H,11-12H2. The average Bonchev–Trinajstić information content (AvgIpc) is 3.51. The number of pyridine rings is 1. The van der Waals surface area contributed by atoms with E-state index in [0.29, 0.717) is 35.7 Å². The molecule has 0 saturated carbocycles. The van der Waals surface area contributed by atoms with Crippen LogP contribution in [0.25, 0.3) is 16.9 Å². The van der Waals surface area contributed by atoms with Crippen LogP contribution in [-0.2, 0) is 11.3 Å². The molecule has 1 fully saturated rings. The van der Waals surface area contributed by atoms with Gasteiger partial charge in [0.2, 0.25) is 0 Å². The van der Waals surface area contributed by atoms with Crippen LogP contribution in [0.3, 0.4) is 0 Å². The van der Waals surface area contributed by atoms with Crippen molar-refractivity contribution >= 4 is 11.8 Å². The number of benzene rings is 1. The number of amides is 1. The average molecular weight is 406 g/mol. The molecular weight excluding hydrogens is 391 g/mol. The van der Waals surface area contributed by atoms with Gasteiger partial charge in [-0.25, -0.2) is 23.5 Å². The van der Waals surface area contributed by atoms with Crippen molar-refractivity contribution in [2.45, 2.75) is 12.6 Å². The number of ether oxygens (including phenoxy) is 1. The molecule has 0 radical (unpaired) electrons. The van der Waals surface area contributed by atoms with Gasteiger partial charge in [-0.2, -0.15) is 0 Å². The molecule has 1 aliphatic heterocycles. The summed E-state index contributed by atoms with van der Waals surface area (Å²) in [5.41, 5.74) is 1.41. The Kier molecular flexibility index (Phi) is 4.39. The molecule has 1 atom stereocenters. The van der Waals surface area contributed by atoms with E-state index >= 15 is 0 Å². The van der Waals surface area contributed by atoms with Crippen LogP contribution in [0, 0.1) is 5.82 Å². The van der Waals surface area contributed by atoms with E-state index in [2.05, 4.69) is 25.6 Å². The second-order valence-electron chi connectivity index (χ2n) is 6.66. The third kappa shape index (κ3) is 3.36. The lowest BCUT2D eigenvalue weighted by Gasteiger charge is -2.14. The van der Waals surface area contributed by atoms with Crippen molar-refractivity contribution in [1.82, 2.24) is 35.0 Å². The third-order valence-corrected chi connectivity index (χ3v) is 4.72. The summed E-state index contributed by atoms with van der Waals surface area (Å²) in [6.07, 6.45) is 7.11. The molecule has 1 aliphatic rings. The number of carbonyl (C=O) groups excluding carboxylic acids is 1. The van der Waals surface area contributed by atoms with E-state index in [-0.39, 0.29) is 0 Å². The summed E-state index contributed by atoms with van der Waals surface area (Å²) in [5.74, 6) is 0.113. The van der Waals surface area contributed by atoms with Gasteiger partial charge in [-0.05, 0) is 30.3 Å². The minimum absolute atomic E-state index is 0.297. The van der Waals surface area contributed by atoms with Gasteiger partial charge in [0.1, 0.15) is 11.9 Å². The number of anilines is 1. The van der Waals surface area contributed by atoms with Crippen molar-refractivity contribution in [1.29, 1.82) is 0 Å². The van der Waals surface area contributed by atoms with Gasteiger partial charge in [0.25, 0.3) is 0 Å². The summed E-state index contributed by atoms with van der Waals surface area (Å²) in [4.78, 5) is 17.9. The molecule has 0 bridgehead atoms. The maximum absolute atomic E-state index is 14.8. The van der Waals surface area contributed by atoms with Crippen LogP contribution in [0.1, 0.15) is 0 Å². The van der Waals surface area contributed by atoms with Gasteiger partial charge in [-0.1, -0.05) is 10.4 Å². The zero-order chi connectivity index (χ0) is 20.5. The molecule has 1 unspecified atom stereocenters. The Balaban J connectivity index is 1.34. The molecule has 150 valence electrons. The van der Waals surface area contributed by atoms with Gasteiger partial charge in [0, 0.05) is 23.5 Å². The topological polar surface area (TPSA) is 104 Å². The first-order valence-electron chi connectivity index (χ1n) is 9.12. The van der Waals surface area contributed by atoms with Gasteiger partial charge >= 0.3 is 6.09 Å². The summed E-state index contributed by atoms with van der Waals surface area (Å²) in [6, 6.07) is 8.10. The zero-order valence-corrected chi connectivity index (χ0v) is 15.5. The Morgan fingerprint density at radius 2 is 1.97 bits per heavy atom. The van der Waals surface area contributed by atoms with Gasteiger partial charge < -0.3 is 4.74 Å². The maximum Gasteiger partial charge on any atom is 0.414 e. The second-order valence-corrected chi connectivity index (χ2v) is 6.66. The number of rotatable bonds is 5. The van der Waals surface area contributed by atoms with E-state index in [1.807, 2.05) is 0 Å². The fourth-order valence-electron chi connectivity index (χ4n) is 3.28. The number of hydrogen-bond donors (Lipinski definition) is 0. The summed E-state index contributed by atoms with van der Waals surface area (Å²) in [6.45, 7) is 0.679. The third-order valence-electron chi connectivity index (χ3n) is 4.72. The van der Waals surface area contributed by atoms with Crippen molar-refractivity contribution in [2.75, 3.05) is 11.4 Å². The molecule has 4 aromatic rings. The quantitative estimate of drug-likeness (QED) is 0.500. The molecule has 1 saturated heterocycles. The number of hydrogen-bond acceptors (Lipinski definition) is 7. The number of aromatic nitrogens is 7. The predicted molar refractivity (Wildman–Crippen MR) is 102 cm³/mol. The molecule has 1 amide bonds. The predicted octanol–water partition coefficient (Wildman–Crippen LogP) is 2.09. The van der Waals surface area contributed by atoms with Crippen LogP contribution in [-0.4, -0.2) is 53.7 Å². The molecule has 1 aromatic carbocycles. The van der Waals surface area contributed by atoms with E-state index in [9.17, 15) is 9.18 Å². The number of nitrogens with zero attached hydrogens (tertiary/aromatic N) is 8. The zero-order valence-electron chi connectivity index (χ0n) is 15.5. The van der Waals surface area contributed by atoms with Crippen LogP contribution in [0.15, 0.2) is 61.3 Å². The molecular formula is C19H15FN8O2. The van der Waals surface area contributed by atoms with Crippen LogP contribution in [0.2, 0.25) is 0 Å². The highest BCUT2D eigenvalue weighted by molar-refractivity contribution is 5.90. The summed E-state index contributed by atoms with van der Waals surface area (Å²) < 4.78 is 23.3. The van der Waals surface area contributed by atoms with Crippen molar-refractivity contribution in [2.24, 2.45) is 0 Å². The van der Waals surface area contributed by atoms with Gasteiger partial charge in [0.05, 0.1) is 37.4 Å². The lowest BCUT2D eigenvalue weighted by Crippen LogP contribution is -2.26. The summed E-state index contributed by atoms with van der Waals surface area (Å²) in [7, 11) is 0. The Labute approximate surface area is 169 Å². The summed E-state index contributed by atoms with van der Waals surface area (Å²) in [5, 5.41) is 15.2. The van der Waals surface area contributed by atoms with Crippen LogP contribution in [0.4, 0.5) is 14.9 Å². The molecule has 11 heteroatoms. The highest BCUT2D eigenvalue weighted by atomic mass is 19.1. The fourth-order valence-corrected chi connectivity index (χ4v) is 3.28. The minimum atomic E-state index is -0.522. The first kappa shape index (κ1) is 17.9. The van der Waals surface area contributed by atoms with Crippen molar-refractivity contribution in [3.63, 3.8) is 0 Å². The van der Waals surface area contributed by atoms with Gasteiger partial charge in [-0.3, -0.25) is 4.90 Å². The molecule has 30 heavy (non-hydrogen) atoms. The molecule has 5 rings (SSSR count). The lowest BCUT2D eigenvalue weighted by atomic mass is 10.1. The summed E-state index contributed by atoms with van der Waals surface area (Å²) >= 11 is 0. The SMILES string of the molecule is O=C1OC(Cn2ccnn2)CN1c1ccc(-c2ccc(-n3ccnn3)nc2)c(F)c1. The van der Waals surface area contributed by atoms with Crippen LogP contribution >= 0.6 is 0 Å². The van der Waals surface area contributed by atoms with E-state index in [1.165, 1.54) is 15.6 Å². The Hall–Kier alpha value is -4.15. The van der Waals surface area contributed by atoms with E-state index < -0.39 is 18.0 Å². The van der Waals surface area contributed by atoms with Gasteiger partial charge in [-0.15, -0.1) is 10.2 Å². The van der Waals surface area contributed by atoms with E-state index in [0.717, 1.165) is 0 Å². The molecule has 0 N–H and O–H groups in total.